The van der Waals surface area contributed by atoms with Crippen LogP contribution in [0.3, 0.4) is 0 Å². The van der Waals surface area contributed by atoms with Crippen molar-refractivity contribution in [2.45, 2.75) is 51.2 Å². The molecule has 0 heterocycles. The fourth-order valence-electron chi connectivity index (χ4n) is 3.91. The SMILES string of the molecule is Cc1ccccc1N(CC(=O)N(Cc1ccc(Cl)cc1Cl)C(C)C(=O)NC(C)C)S(=O)(=O)c1ccc(Cl)cc1. The third-order valence-electron chi connectivity index (χ3n) is 6.02. The Hall–Kier alpha value is -2.78. The van der Waals surface area contributed by atoms with E-state index in [4.69, 9.17) is 34.8 Å². The van der Waals surface area contributed by atoms with Crippen molar-refractivity contribution in [3.05, 3.63) is 92.9 Å². The Kier molecular flexibility index (Phi) is 10.3. The van der Waals surface area contributed by atoms with Crippen molar-refractivity contribution in [1.82, 2.24) is 10.2 Å². The first-order valence-electron chi connectivity index (χ1n) is 12.2. The van der Waals surface area contributed by atoms with Gasteiger partial charge in [-0.2, -0.15) is 0 Å². The van der Waals surface area contributed by atoms with E-state index in [1.54, 1.807) is 56.3 Å². The molecule has 0 radical (unpaired) electrons. The van der Waals surface area contributed by atoms with Crippen molar-refractivity contribution in [2.24, 2.45) is 0 Å². The Balaban J connectivity index is 2.06. The molecule has 3 rings (SSSR count). The predicted octanol–water partition coefficient (Wildman–Crippen LogP) is 6.09. The van der Waals surface area contributed by atoms with E-state index in [1.807, 2.05) is 13.8 Å². The zero-order valence-corrected chi connectivity index (χ0v) is 25.1. The predicted molar refractivity (Wildman–Crippen MR) is 157 cm³/mol. The van der Waals surface area contributed by atoms with Crippen LogP contribution in [-0.4, -0.2) is 43.8 Å². The summed E-state index contributed by atoms with van der Waals surface area (Å²) in [6, 6.07) is 16.3. The van der Waals surface area contributed by atoms with E-state index in [0.29, 0.717) is 31.9 Å². The van der Waals surface area contributed by atoms with Crippen LogP contribution < -0.4 is 9.62 Å². The molecule has 0 aliphatic heterocycles. The molecular weight excluding hydrogens is 581 g/mol. The van der Waals surface area contributed by atoms with Gasteiger partial charge in [-0.15, -0.1) is 0 Å². The number of halogens is 3. The number of anilines is 1. The molecule has 0 aromatic heterocycles. The number of sulfonamides is 1. The second-order valence-electron chi connectivity index (χ2n) is 9.35. The van der Waals surface area contributed by atoms with Crippen molar-refractivity contribution < 1.29 is 18.0 Å². The summed E-state index contributed by atoms with van der Waals surface area (Å²) in [6.45, 7) is 6.38. The number of hydrogen-bond donors (Lipinski definition) is 1. The first-order chi connectivity index (χ1) is 18.3. The van der Waals surface area contributed by atoms with Gasteiger partial charge in [-0.3, -0.25) is 13.9 Å². The second-order valence-corrected chi connectivity index (χ2v) is 12.5. The number of hydrogen-bond acceptors (Lipinski definition) is 4. The van der Waals surface area contributed by atoms with Gasteiger partial charge in [0, 0.05) is 27.7 Å². The number of para-hydroxylation sites is 1. The normalized spacial score (nSPS) is 12.2. The number of aryl methyl sites for hydroxylation is 1. The summed E-state index contributed by atoms with van der Waals surface area (Å²) in [5.41, 5.74) is 1.55. The molecule has 3 aromatic carbocycles. The van der Waals surface area contributed by atoms with E-state index >= 15 is 0 Å². The van der Waals surface area contributed by atoms with E-state index in [9.17, 15) is 18.0 Å². The summed E-state index contributed by atoms with van der Waals surface area (Å²) in [6.07, 6.45) is 0. The van der Waals surface area contributed by atoms with Crippen LogP contribution in [0.5, 0.6) is 0 Å². The average Bonchev–Trinajstić information content (AvgIpc) is 2.86. The van der Waals surface area contributed by atoms with Crippen molar-refractivity contribution in [1.29, 1.82) is 0 Å². The number of carbonyl (C=O) groups is 2. The number of amides is 2. The van der Waals surface area contributed by atoms with Crippen LogP contribution in [0.4, 0.5) is 5.69 Å². The fraction of sp³-hybridized carbons (Fsp3) is 0.286. The van der Waals surface area contributed by atoms with E-state index in [-0.39, 0.29) is 23.4 Å². The standard InChI is InChI=1S/C28H30Cl3N3O4S/c1-18(2)32-28(36)20(4)33(16-21-9-10-23(30)15-25(21)31)27(35)17-34(26-8-6-5-7-19(26)3)39(37,38)24-13-11-22(29)12-14-24/h5-15,18,20H,16-17H2,1-4H3,(H,32,36). The van der Waals surface area contributed by atoms with E-state index in [2.05, 4.69) is 5.32 Å². The van der Waals surface area contributed by atoms with Crippen LogP contribution in [0.15, 0.2) is 71.6 Å². The summed E-state index contributed by atoms with van der Waals surface area (Å²) in [5, 5.41) is 3.93. The number of nitrogens with one attached hydrogen (secondary N) is 1. The van der Waals surface area contributed by atoms with E-state index in [1.165, 1.54) is 29.2 Å². The smallest absolute Gasteiger partial charge is 0.264 e. The van der Waals surface area contributed by atoms with Crippen LogP contribution in [-0.2, 0) is 26.2 Å². The van der Waals surface area contributed by atoms with Crippen molar-refractivity contribution >= 4 is 62.3 Å². The molecule has 0 bridgehead atoms. The molecule has 2 amide bonds. The maximum Gasteiger partial charge on any atom is 0.264 e. The Labute approximate surface area is 244 Å². The second kappa shape index (κ2) is 13.0. The minimum atomic E-state index is -4.19. The molecular formula is C28H30Cl3N3O4S. The molecule has 1 unspecified atom stereocenters. The first-order valence-corrected chi connectivity index (χ1v) is 14.8. The highest BCUT2D eigenvalue weighted by Gasteiger charge is 2.33. The number of rotatable bonds is 10. The van der Waals surface area contributed by atoms with Crippen LogP contribution in [0.25, 0.3) is 0 Å². The molecule has 0 spiro atoms. The van der Waals surface area contributed by atoms with Gasteiger partial charge in [0.15, 0.2) is 0 Å². The summed E-state index contributed by atoms with van der Waals surface area (Å²) < 4.78 is 28.8. The van der Waals surface area contributed by atoms with Crippen molar-refractivity contribution in [2.75, 3.05) is 10.8 Å². The molecule has 1 N–H and O–H groups in total. The molecule has 0 fully saturated rings. The molecule has 0 saturated carbocycles. The van der Waals surface area contributed by atoms with Gasteiger partial charge < -0.3 is 10.2 Å². The maximum atomic E-state index is 13.9. The molecule has 208 valence electrons. The highest BCUT2D eigenvalue weighted by atomic mass is 35.5. The van der Waals surface area contributed by atoms with Gasteiger partial charge in [-0.25, -0.2) is 8.42 Å². The van der Waals surface area contributed by atoms with Crippen molar-refractivity contribution in [3.63, 3.8) is 0 Å². The van der Waals surface area contributed by atoms with Gasteiger partial charge in [-0.1, -0.05) is 59.1 Å². The molecule has 0 saturated heterocycles. The van der Waals surface area contributed by atoms with Gasteiger partial charge in [0.25, 0.3) is 10.0 Å². The third-order valence-corrected chi connectivity index (χ3v) is 8.63. The summed E-state index contributed by atoms with van der Waals surface area (Å²) in [7, 11) is -4.19. The van der Waals surface area contributed by atoms with Gasteiger partial charge in [0.1, 0.15) is 12.6 Å². The summed E-state index contributed by atoms with van der Waals surface area (Å²) in [5.74, 6) is -0.973. The number of nitrogens with zero attached hydrogens (tertiary/aromatic N) is 2. The summed E-state index contributed by atoms with van der Waals surface area (Å²) in [4.78, 5) is 28.2. The van der Waals surface area contributed by atoms with Gasteiger partial charge in [-0.05, 0) is 81.3 Å². The van der Waals surface area contributed by atoms with Crippen LogP contribution in [0.2, 0.25) is 15.1 Å². The first kappa shape index (κ1) is 30.8. The molecule has 0 aliphatic rings. The molecule has 1 atom stereocenters. The zero-order chi connectivity index (χ0) is 28.9. The largest absolute Gasteiger partial charge is 0.352 e. The quantitative estimate of drug-likeness (QED) is 0.301. The van der Waals surface area contributed by atoms with Crippen LogP contribution in [0.1, 0.15) is 31.9 Å². The Morgan fingerprint density at radius 3 is 2.10 bits per heavy atom. The minimum absolute atomic E-state index is 0.0270. The Bertz CT molecular complexity index is 1450. The molecule has 0 aliphatic carbocycles. The Morgan fingerprint density at radius 1 is 0.897 bits per heavy atom. The maximum absolute atomic E-state index is 13.9. The average molecular weight is 611 g/mol. The summed E-state index contributed by atoms with van der Waals surface area (Å²) >= 11 is 18.4. The van der Waals surface area contributed by atoms with E-state index in [0.717, 1.165) is 4.31 Å². The van der Waals surface area contributed by atoms with Crippen LogP contribution >= 0.6 is 34.8 Å². The lowest BCUT2D eigenvalue weighted by molar-refractivity contribution is -0.139. The van der Waals surface area contributed by atoms with Crippen LogP contribution in [0, 0.1) is 6.92 Å². The molecule has 7 nitrogen and oxygen atoms in total. The lowest BCUT2D eigenvalue weighted by Crippen LogP contribution is -2.52. The number of benzene rings is 3. The Morgan fingerprint density at radius 2 is 1.51 bits per heavy atom. The molecule has 39 heavy (non-hydrogen) atoms. The molecule has 3 aromatic rings. The highest BCUT2D eigenvalue weighted by molar-refractivity contribution is 7.92. The van der Waals surface area contributed by atoms with Gasteiger partial charge in [0.2, 0.25) is 11.8 Å². The van der Waals surface area contributed by atoms with E-state index < -0.39 is 28.5 Å². The zero-order valence-electron chi connectivity index (χ0n) is 22.0. The number of carbonyl (C=O) groups excluding carboxylic acids is 2. The molecule has 11 heteroatoms. The lowest BCUT2D eigenvalue weighted by atomic mass is 10.1. The third kappa shape index (κ3) is 7.66. The van der Waals surface area contributed by atoms with Gasteiger partial charge in [0.05, 0.1) is 10.6 Å². The highest BCUT2D eigenvalue weighted by Crippen LogP contribution is 2.29. The van der Waals surface area contributed by atoms with Gasteiger partial charge >= 0.3 is 0 Å². The lowest BCUT2D eigenvalue weighted by Gasteiger charge is -2.33. The fourth-order valence-corrected chi connectivity index (χ4v) is 5.98. The van der Waals surface area contributed by atoms with Crippen molar-refractivity contribution in [3.8, 4) is 0 Å². The monoisotopic (exact) mass is 609 g/mol. The minimum Gasteiger partial charge on any atom is -0.352 e. The topological polar surface area (TPSA) is 86.8 Å².